The fourth-order valence-electron chi connectivity index (χ4n) is 2.19. The lowest BCUT2D eigenvalue weighted by Crippen LogP contribution is -2.39. The summed E-state index contributed by atoms with van der Waals surface area (Å²) in [4.78, 5) is 5.40. The highest BCUT2D eigenvalue weighted by Crippen LogP contribution is 2.28. The van der Waals surface area contributed by atoms with Crippen molar-refractivity contribution in [2.75, 3.05) is 38.6 Å². The summed E-state index contributed by atoms with van der Waals surface area (Å²) in [5.41, 5.74) is 0. The number of hydrogen-bond donors (Lipinski definition) is 2. The van der Waals surface area contributed by atoms with Crippen molar-refractivity contribution in [2.45, 2.75) is 31.1 Å². The molecule has 142 valence electrons. The first-order valence-electron chi connectivity index (χ1n) is 8.83. The molecule has 25 heavy (non-hydrogen) atoms. The zero-order chi connectivity index (χ0) is 17.0. The normalized spacial score (nSPS) is 15.3. The van der Waals surface area contributed by atoms with E-state index in [9.17, 15) is 4.21 Å². The minimum Gasteiger partial charge on any atom is -0.381 e. The topological polar surface area (TPSA) is 62.7 Å². The quantitative estimate of drug-likeness (QED) is 0.222. The van der Waals surface area contributed by atoms with Crippen LogP contribution in [0, 0.1) is 5.92 Å². The molecule has 1 aliphatic rings. The molecule has 1 fully saturated rings. The number of nitrogens with one attached hydrogen (secondary N) is 2. The molecule has 0 bridgehead atoms. The van der Waals surface area contributed by atoms with Gasteiger partial charge in [-0.05, 0) is 44.2 Å². The zero-order valence-electron chi connectivity index (χ0n) is 14.9. The van der Waals surface area contributed by atoms with Crippen molar-refractivity contribution in [3.8, 4) is 0 Å². The smallest absolute Gasteiger partial charge is 0.191 e. The second-order valence-corrected chi connectivity index (χ2v) is 7.49. The van der Waals surface area contributed by atoms with Gasteiger partial charge in [-0.2, -0.15) is 0 Å². The molecule has 1 saturated carbocycles. The summed E-state index contributed by atoms with van der Waals surface area (Å²) in [7, 11) is -0.978. The van der Waals surface area contributed by atoms with Gasteiger partial charge in [-0.15, -0.1) is 24.0 Å². The van der Waals surface area contributed by atoms with Crippen LogP contribution in [0.4, 0.5) is 0 Å². The Balaban J connectivity index is 0.00000312. The largest absolute Gasteiger partial charge is 0.381 e. The Morgan fingerprint density at radius 1 is 1.28 bits per heavy atom. The molecule has 0 aromatic heterocycles. The Morgan fingerprint density at radius 2 is 2.04 bits per heavy atom. The number of ether oxygens (including phenoxy) is 1. The molecule has 5 nitrogen and oxygen atoms in total. The Hall–Kier alpha value is -0.670. The van der Waals surface area contributed by atoms with Crippen molar-refractivity contribution in [3.63, 3.8) is 0 Å². The van der Waals surface area contributed by atoms with Crippen LogP contribution in [0.5, 0.6) is 0 Å². The fourth-order valence-corrected chi connectivity index (χ4v) is 3.17. The molecule has 2 rings (SSSR count). The minimum absolute atomic E-state index is 0. The lowest BCUT2D eigenvalue weighted by atomic mass is 10.4. The van der Waals surface area contributed by atoms with Gasteiger partial charge in [0, 0.05) is 43.5 Å². The number of guanidine groups is 1. The molecule has 0 amide bonds. The van der Waals surface area contributed by atoms with Gasteiger partial charge in [0.05, 0.1) is 10.8 Å². The van der Waals surface area contributed by atoms with Crippen LogP contribution < -0.4 is 10.6 Å². The van der Waals surface area contributed by atoms with Crippen molar-refractivity contribution in [3.05, 3.63) is 30.3 Å². The average Bonchev–Trinajstić information content (AvgIpc) is 3.43. The Bertz CT molecular complexity index is 524. The molecule has 7 heteroatoms. The maximum absolute atomic E-state index is 12.2. The van der Waals surface area contributed by atoms with Crippen LogP contribution in [0.25, 0.3) is 0 Å². The first-order valence-corrected chi connectivity index (χ1v) is 10.1. The number of aliphatic imine (C=N–C) groups is 1. The van der Waals surface area contributed by atoms with Gasteiger partial charge in [0.15, 0.2) is 5.96 Å². The van der Waals surface area contributed by atoms with Gasteiger partial charge in [0.1, 0.15) is 0 Å². The van der Waals surface area contributed by atoms with E-state index in [1.807, 2.05) is 37.3 Å². The third-order valence-electron chi connectivity index (χ3n) is 3.70. The van der Waals surface area contributed by atoms with Crippen LogP contribution in [0.1, 0.15) is 26.2 Å². The number of nitrogens with zero attached hydrogens (tertiary/aromatic N) is 1. The average molecular weight is 479 g/mol. The Labute approximate surface area is 170 Å². The fraction of sp³-hybridized carbons (Fsp3) is 0.611. The first-order chi connectivity index (χ1) is 11.8. The zero-order valence-corrected chi connectivity index (χ0v) is 18.1. The highest BCUT2D eigenvalue weighted by Gasteiger charge is 2.20. The molecule has 0 spiro atoms. The predicted octanol–water partition coefficient (Wildman–Crippen LogP) is 2.78. The summed E-state index contributed by atoms with van der Waals surface area (Å²) in [6.07, 6.45) is 3.59. The van der Waals surface area contributed by atoms with Crippen molar-refractivity contribution < 1.29 is 8.95 Å². The Kier molecular flexibility index (Phi) is 12.1. The van der Waals surface area contributed by atoms with Gasteiger partial charge in [0.2, 0.25) is 0 Å². The second kappa shape index (κ2) is 13.5. The summed E-state index contributed by atoms with van der Waals surface area (Å²) in [5, 5.41) is 6.46. The molecule has 0 saturated heterocycles. The van der Waals surface area contributed by atoms with Gasteiger partial charge < -0.3 is 15.4 Å². The van der Waals surface area contributed by atoms with E-state index in [-0.39, 0.29) is 24.0 Å². The van der Waals surface area contributed by atoms with Gasteiger partial charge >= 0.3 is 0 Å². The lowest BCUT2D eigenvalue weighted by Gasteiger charge is -2.11. The summed E-state index contributed by atoms with van der Waals surface area (Å²) in [6.45, 7) is 5.90. The van der Waals surface area contributed by atoms with Crippen LogP contribution >= 0.6 is 24.0 Å². The van der Waals surface area contributed by atoms with Gasteiger partial charge in [-0.25, -0.2) is 0 Å². The van der Waals surface area contributed by atoms with E-state index < -0.39 is 10.8 Å². The van der Waals surface area contributed by atoms with Gasteiger partial charge in [0.25, 0.3) is 0 Å². The van der Waals surface area contributed by atoms with E-state index >= 15 is 0 Å². The molecule has 1 unspecified atom stereocenters. The summed E-state index contributed by atoms with van der Waals surface area (Å²) < 4.78 is 17.8. The van der Waals surface area contributed by atoms with E-state index in [4.69, 9.17) is 4.74 Å². The van der Waals surface area contributed by atoms with Crippen molar-refractivity contribution in [1.82, 2.24) is 10.6 Å². The van der Waals surface area contributed by atoms with Crippen molar-refractivity contribution in [2.24, 2.45) is 10.9 Å². The lowest BCUT2D eigenvalue weighted by molar-refractivity contribution is 0.123. The SMILES string of the molecule is CCNC(=NCCCOCC1CC1)NCCS(=O)c1ccccc1.I. The standard InChI is InChI=1S/C18H29N3O2S.HI/c1-2-19-18(20-11-6-13-23-15-16-9-10-16)21-12-14-24(22)17-7-4-3-5-8-17;/h3-5,7-8,16H,2,6,9-15H2,1H3,(H2,19,20,21);1H. The van der Waals surface area contributed by atoms with Crippen LogP contribution in [0.3, 0.4) is 0 Å². The van der Waals surface area contributed by atoms with Gasteiger partial charge in [-0.3, -0.25) is 9.20 Å². The predicted molar refractivity (Wildman–Crippen MR) is 115 cm³/mol. The number of hydrogen-bond acceptors (Lipinski definition) is 3. The highest BCUT2D eigenvalue weighted by atomic mass is 127. The summed E-state index contributed by atoms with van der Waals surface area (Å²) >= 11 is 0. The van der Waals surface area contributed by atoms with E-state index in [1.165, 1.54) is 12.8 Å². The van der Waals surface area contributed by atoms with Crippen LogP contribution in [-0.4, -0.2) is 48.8 Å². The molecule has 0 heterocycles. The molecular weight excluding hydrogens is 449 g/mol. The molecule has 1 aromatic carbocycles. The molecule has 1 aromatic rings. The summed E-state index contributed by atoms with van der Waals surface area (Å²) in [6, 6.07) is 9.56. The van der Waals surface area contributed by atoms with Crippen LogP contribution in [0.15, 0.2) is 40.2 Å². The minimum atomic E-state index is -0.978. The third kappa shape index (κ3) is 10.2. The van der Waals surface area contributed by atoms with E-state index in [0.717, 1.165) is 49.5 Å². The van der Waals surface area contributed by atoms with E-state index in [0.29, 0.717) is 12.3 Å². The van der Waals surface area contributed by atoms with E-state index in [2.05, 4.69) is 15.6 Å². The number of rotatable bonds is 11. The maximum atomic E-state index is 12.2. The molecule has 0 aliphatic heterocycles. The molecule has 0 radical (unpaired) electrons. The monoisotopic (exact) mass is 479 g/mol. The van der Waals surface area contributed by atoms with Crippen LogP contribution in [0.2, 0.25) is 0 Å². The van der Waals surface area contributed by atoms with Gasteiger partial charge in [-0.1, -0.05) is 18.2 Å². The number of benzene rings is 1. The molecule has 2 N–H and O–H groups in total. The molecule has 1 atom stereocenters. The highest BCUT2D eigenvalue weighted by molar-refractivity contribution is 14.0. The maximum Gasteiger partial charge on any atom is 0.191 e. The number of halogens is 1. The second-order valence-electron chi connectivity index (χ2n) is 5.92. The first kappa shape index (κ1) is 22.4. The third-order valence-corrected chi connectivity index (χ3v) is 5.07. The van der Waals surface area contributed by atoms with Crippen molar-refractivity contribution in [1.29, 1.82) is 0 Å². The molecule has 1 aliphatic carbocycles. The summed E-state index contributed by atoms with van der Waals surface area (Å²) in [5.74, 6) is 2.17. The van der Waals surface area contributed by atoms with E-state index in [1.54, 1.807) is 0 Å². The van der Waals surface area contributed by atoms with Crippen LogP contribution in [-0.2, 0) is 15.5 Å². The van der Waals surface area contributed by atoms with Crippen molar-refractivity contribution >= 4 is 40.7 Å². The Morgan fingerprint density at radius 3 is 2.72 bits per heavy atom. The molecular formula is C18H30IN3O2S.